The molecule has 5 nitrogen and oxygen atoms in total. The van der Waals surface area contributed by atoms with Crippen molar-refractivity contribution >= 4 is 10.0 Å². The van der Waals surface area contributed by atoms with E-state index in [4.69, 9.17) is 0 Å². The predicted octanol–water partition coefficient (Wildman–Crippen LogP) is 1.68. The van der Waals surface area contributed by atoms with Crippen LogP contribution >= 0.6 is 0 Å². The number of benzene rings is 1. The Hall–Kier alpha value is -1.97. The highest BCUT2D eigenvalue weighted by Gasteiger charge is 2.29. The molecule has 0 amide bonds. The Labute approximate surface area is 130 Å². The van der Waals surface area contributed by atoms with Crippen LogP contribution in [0.4, 0.5) is 13.2 Å². The summed E-state index contributed by atoms with van der Waals surface area (Å²) in [6, 6.07) is 3.29. The Morgan fingerprint density at radius 3 is 2.48 bits per heavy atom. The van der Waals surface area contributed by atoms with Crippen molar-refractivity contribution < 1.29 is 26.7 Å². The Kier molecular flexibility index (Phi) is 4.73. The third-order valence-corrected chi connectivity index (χ3v) is 4.48. The molecular weight excluding hydrogens is 333 g/mol. The van der Waals surface area contributed by atoms with Gasteiger partial charge in [-0.05, 0) is 19.1 Å². The van der Waals surface area contributed by atoms with Gasteiger partial charge in [-0.1, -0.05) is 6.07 Å². The Bertz CT molecular complexity index is 826. The van der Waals surface area contributed by atoms with Crippen LogP contribution in [0.5, 0.6) is 0 Å². The normalized spacial score (nSPS) is 14.5. The lowest BCUT2D eigenvalue weighted by Gasteiger charge is -2.24. The minimum Gasteiger partial charge on any atom is -0.384 e. The SMILES string of the molecule is C[C@@](O)(CNS(=O)(=O)c1cncc(F)c1)c1ccc(F)cc1F. The quantitative estimate of drug-likeness (QED) is 0.863. The molecule has 2 rings (SSSR count). The van der Waals surface area contributed by atoms with Gasteiger partial charge in [0.05, 0.1) is 6.20 Å². The molecule has 2 N–H and O–H groups in total. The molecule has 1 aromatic heterocycles. The lowest BCUT2D eigenvalue weighted by atomic mass is 9.96. The fourth-order valence-corrected chi connectivity index (χ4v) is 2.98. The maximum Gasteiger partial charge on any atom is 0.242 e. The summed E-state index contributed by atoms with van der Waals surface area (Å²) in [5.74, 6) is -2.68. The highest BCUT2D eigenvalue weighted by atomic mass is 32.2. The van der Waals surface area contributed by atoms with Gasteiger partial charge in [0.25, 0.3) is 0 Å². The monoisotopic (exact) mass is 346 g/mol. The molecule has 1 atom stereocenters. The number of halogens is 3. The van der Waals surface area contributed by atoms with Crippen molar-refractivity contribution in [1.29, 1.82) is 0 Å². The molecule has 0 bridgehead atoms. The van der Waals surface area contributed by atoms with Crippen molar-refractivity contribution in [1.82, 2.24) is 9.71 Å². The Balaban J connectivity index is 2.21. The summed E-state index contributed by atoms with van der Waals surface area (Å²) in [6.07, 6.45) is 1.77. The molecule has 0 radical (unpaired) electrons. The molecule has 1 heterocycles. The van der Waals surface area contributed by atoms with E-state index in [0.717, 1.165) is 37.5 Å². The third-order valence-electron chi connectivity index (χ3n) is 3.11. The van der Waals surface area contributed by atoms with Crippen molar-refractivity contribution in [2.24, 2.45) is 0 Å². The maximum atomic E-state index is 13.7. The number of nitrogens with zero attached hydrogens (tertiary/aromatic N) is 1. The fraction of sp³-hybridized carbons (Fsp3) is 0.214. The van der Waals surface area contributed by atoms with Crippen LogP contribution in [0.1, 0.15) is 12.5 Å². The number of pyridine rings is 1. The lowest BCUT2D eigenvalue weighted by Crippen LogP contribution is -2.39. The summed E-state index contributed by atoms with van der Waals surface area (Å²) < 4.78 is 65.7. The number of hydrogen-bond donors (Lipinski definition) is 2. The third kappa shape index (κ3) is 4.06. The van der Waals surface area contributed by atoms with E-state index in [9.17, 15) is 26.7 Å². The number of nitrogens with one attached hydrogen (secondary N) is 1. The van der Waals surface area contributed by atoms with Gasteiger partial charge in [0, 0.05) is 24.4 Å². The first-order chi connectivity index (χ1) is 10.6. The van der Waals surface area contributed by atoms with Gasteiger partial charge < -0.3 is 5.11 Å². The minimum atomic E-state index is -4.15. The van der Waals surface area contributed by atoms with Crippen LogP contribution < -0.4 is 4.72 Å². The second-order valence-corrected chi connectivity index (χ2v) is 6.83. The van der Waals surface area contributed by atoms with Gasteiger partial charge in [-0.15, -0.1) is 0 Å². The molecule has 0 fully saturated rings. The highest BCUT2D eigenvalue weighted by molar-refractivity contribution is 7.89. The van der Waals surface area contributed by atoms with Gasteiger partial charge in [0.1, 0.15) is 27.9 Å². The number of aromatic nitrogens is 1. The standard InChI is InChI=1S/C14H13F3N2O3S/c1-14(20,12-3-2-9(15)5-13(12)17)8-19-23(21,22)11-4-10(16)6-18-7-11/h2-7,19-20H,8H2,1H3/t14-/m1/s1. The molecule has 0 aliphatic heterocycles. The smallest absolute Gasteiger partial charge is 0.242 e. The second kappa shape index (κ2) is 6.26. The Morgan fingerprint density at radius 2 is 1.87 bits per heavy atom. The molecule has 2 aromatic rings. The first kappa shape index (κ1) is 17.4. The average Bonchev–Trinajstić information content (AvgIpc) is 2.45. The molecule has 1 aromatic carbocycles. The topological polar surface area (TPSA) is 79.3 Å². The van der Waals surface area contributed by atoms with Gasteiger partial charge in [-0.25, -0.2) is 26.3 Å². The van der Waals surface area contributed by atoms with Crippen molar-refractivity contribution in [2.75, 3.05) is 6.54 Å². The van der Waals surface area contributed by atoms with Crippen molar-refractivity contribution in [3.63, 3.8) is 0 Å². The van der Waals surface area contributed by atoms with Crippen molar-refractivity contribution in [3.05, 3.63) is 59.7 Å². The minimum absolute atomic E-state index is 0.279. The first-order valence-corrected chi connectivity index (χ1v) is 7.88. The van der Waals surface area contributed by atoms with Crippen LogP contribution in [0, 0.1) is 17.5 Å². The van der Waals surface area contributed by atoms with Gasteiger partial charge in [-0.2, -0.15) is 0 Å². The molecule has 0 saturated carbocycles. The van der Waals surface area contributed by atoms with Gasteiger partial charge in [0.15, 0.2) is 0 Å². The molecule has 9 heteroatoms. The summed E-state index contributed by atoms with van der Waals surface area (Å²) in [5, 5.41) is 10.2. The Morgan fingerprint density at radius 1 is 1.17 bits per heavy atom. The van der Waals surface area contributed by atoms with Crippen LogP contribution in [0.25, 0.3) is 0 Å². The van der Waals surface area contributed by atoms with E-state index in [1.165, 1.54) is 0 Å². The van der Waals surface area contributed by atoms with E-state index >= 15 is 0 Å². The molecule has 124 valence electrons. The van der Waals surface area contributed by atoms with E-state index in [1.807, 2.05) is 4.72 Å². The fourth-order valence-electron chi connectivity index (χ4n) is 1.88. The summed E-state index contributed by atoms with van der Waals surface area (Å²) in [5.41, 5.74) is -2.22. The van der Waals surface area contributed by atoms with E-state index in [1.54, 1.807) is 0 Å². The van der Waals surface area contributed by atoms with Crippen LogP contribution in [0.3, 0.4) is 0 Å². The zero-order chi connectivity index (χ0) is 17.3. The lowest BCUT2D eigenvalue weighted by molar-refractivity contribution is 0.0588. The molecule has 0 saturated heterocycles. The van der Waals surface area contributed by atoms with Crippen LogP contribution in [0.15, 0.2) is 41.6 Å². The van der Waals surface area contributed by atoms with Crippen molar-refractivity contribution in [3.8, 4) is 0 Å². The van der Waals surface area contributed by atoms with Crippen LogP contribution in [-0.4, -0.2) is 25.1 Å². The second-order valence-electron chi connectivity index (χ2n) is 5.06. The van der Waals surface area contributed by atoms with Gasteiger partial charge in [-0.3, -0.25) is 4.98 Å². The maximum absolute atomic E-state index is 13.7. The molecule has 0 unspecified atom stereocenters. The van der Waals surface area contributed by atoms with E-state index in [0.29, 0.717) is 6.07 Å². The van der Waals surface area contributed by atoms with Crippen LogP contribution in [0.2, 0.25) is 0 Å². The summed E-state index contributed by atoms with van der Waals surface area (Å²) in [6.45, 7) is 0.560. The molecule has 0 aliphatic rings. The van der Waals surface area contributed by atoms with Crippen molar-refractivity contribution in [2.45, 2.75) is 17.4 Å². The summed E-state index contributed by atoms with van der Waals surface area (Å²) in [4.78, 5) is 2.98. The zero-order valence-corrected chi connectivity index (χ0v) is 12.7. The van der Waals surface area contributed by atoms with E-state index in [-0.39, 0.29) is 5.56 Å². The predicted molar refractivity (Wildman–Crippen MR) is 75.3 cm³/mol. The average molecular weight is 346 g/mol. The summed E-state index contributed by atoms with van der Waals surface area (Å²) in [7, 11) is -4.15. The number of sulfonamides is 1. The number of rotatable bonds is 5. The molecule has 0 spiro atoms. The first-order valence-electron chi connectivity index (χ1n) is 6.40. The van der Waals surface area contributed by atoms with Gasteiger partial charge in [0.2, 0.25) is 10.0 Å². The molecular formula is C14H13F3N2O3S. The van der Waals surface area contributed by atoms with Gasteiger partial charge >= 0.3 is 0 Å². The summed E-state index contributed by atoms with van der Waals surface area (Å²) >= 11 is 0. The van der Waals surface area contributed by atoms with E-state index < -0.39 is 44.5 Å². The molecule has 0 aliphatic carbocycles. The number of aliphatic hydroxyl groups is 1. The van der Waals surface area contributed by atoms with E-state index in [2.05, 4.69) is 4.98 Å². The largest absolute Gasteiger partial charge is 0.384 e. The zero-order valence-electron chi connectivity index (χ0n) is 11.9. The number of hydrogen-bond acceptors (Lipinski definition) is 4. The molecule has 23 heavy (non-hydrogen) atoms. The highest BCUT2D eigenvalue weighted by Crippen LogP contribution is 2.24. The van der Waals surface area contributed by atoms with Crippen LogP contribution in [-0.2, 0) is 15.6 Å².